The summed E-state index contributed by atoms with van der Waals surface area (Å²) in [5, 5.41) is 7.84. The van der Waals surface area contributed by atoms with Crippen LogP contribution in [0.25, 0.3) is 16.6 Å². The molecule has 3 aromatic rings. The highest BCUT2D eigenvalue weighted by Gasteiger charge is 2.14. The number of amides is 1. The van der Waals surface area contributed by atoms with Crippen molar-refractivity contribution in [1.29, 1.82) is 0 Å². The number of benzene rings is 1. The van der Waals surface area contributed by atoms with Crippen molar-refractivity contribution in [3.05, 3.63) is 54.2 Å². The van der Waals surface area contributed by atoms with E-state index in [1.54, 1.807) is 29.2 Å². The Morgan fingerprint density at radius 2 is 2.00 bits per heavy atom. The van der Waals surface area contributed by atoms with Crippen molar-refractivity contribution in [3.63, 3.8) is 0 Å². The number of hydrogen-bond donors (Lipinski definition) is 1. The van der Waals surface area contributed by atoms with Gasteiger partial charge in [-0.15, -0.1) is 0 Å². The van der Waals surface area contributed by atoms with E-state index in [0.717, 1.165) is 6.42 Å². The van der Waals surface area contributed by atoms with Gasteiger partial charge in [-0.05, 0) is 30.7 Å². The number of pyridine rings is 1. The maximum atomic E-state index is 13.0. The Balaban J connectivity index is 2.05. The van der Waals surface area contributed by atoms with Crippen LogP contribution in [-0.4, -0.2) is 27.2 Å². The number of nitrogens with one attached hydrogen (secondary N) is 1. The van der Waals surface area contributed by atoms with Crippen LogP contribution in [0.1, 0.15) is 23.7 Å². The third-order valence-corrected chi connectivity index (χ3v) is 3.35. The van der Waals surface area contributed by atoms with Gasteiger partial charge in [0, 0.05) is 18.1 Å². The van der Waals surface area contributed by atoms with Crippen LogP contribution >= 0.6 is 0 Å². The molecule has 0 fully saturated rings. The van der Waals surface area contributed by atoms with E-state index in [1.807, 2.05) is 6.92 Å². The van der Waals surface area contributed by atoms with Crippen LogP contribution in [-0.2, 0) is 0 Å². The largest absolute Gasteiger partial charge is 0.352 e. The van der Waals surface area contributed by atoms with E-state index in [4.69, 9.17) is 0 Å². The number of carbonyl (C=O) groups excluding carboxylic acids is 1. The monoisotopic (exact) mass is 298 g/mol. The molecule has 0 atom stereocenters. The zero-order valence-corrected chi connectivity index (χ0v) is 12.1. The number of fused-ring (bicyclic) bond motifs is 1. The highest BCUT2D eigenvalue weighted by molar-refractivity contribution is 6.05. The molecule has 0 radical (unpaired) electrons. The van der Waals surface area contributed by atoms with Crippen molar-refractivity contribution >= 4 is 16.8 Å². The second-order valence-electron chi connectivity index (χ2n) is 4.91. The van der Waals surface area contributed by atoms with Gasteiger partial charge in [0.1, 0.15) is 5.82 Å². The molecule has 6 heteroatoms. The second kappa shape index (κ2) is 5.93. The maximum Gasteiger partial charge on any atom is 0.253 e. The van der Waals surface area contributed by atoms with Crippen molar-refractivity contribution in [2.45, 2.75) is 13.3 Å². The van der Waals surface area contributed by atoms with Gasteiger partial charge in [0.2, 0.25) is 0 Å². The number of carbonyl (C=O) groups is 1. The summed E-state index contributed by atoms with van der Waals surface area (Å²) in [6.07, 6.45) is 5.66. The van der Waals surface area contributed by atoms with Gasteiger partial charge in [0.15, 0.2) is 0 Å². The van der Waals surface area contributed by atoms with E-state index in [2.05, 4.69) is 15.4 Å². The van der Waals surface area contributed by atoms with E-state index in [9.17, 15) is 9.18 Å². The predicted octanol–water partition coefficient (Wildman–Crippen LogP) is 2.70. The summed E-state index contributed by atoms with van der Waals surface area (Å²) in [6, 6.07) is 6.00. The molecule has 0 unspecified atom stereocenters. The highest BCUT2D eigenvalue weighted by atomic mass is 19.1. The lowest BCUT2D eigenvalue weighted by atomic mass is 10.2. The molecule has 2 heterocycles. The molecule has 112 valence electrons. The SMILES string of the molecule is CCCNC(=O)c1cncc2c1cnn2-c1ccc(F)cc1. The summed E-state index contributed by atoms with van der Waals surface area (Å²) in [6.45, 7) is 2.60. The molecule has 22 heavy (non-hydrogen) atoms. The third kappa shape index (κ3) is 2.55. The van der Waals surface area contributed by atoms with Gasteiger partial charge < -0.3 is 5.32 Å². The molecule has 1 N–H and O–H groups in total. The van der Waals surface area contributed by atoms with Crippen molar-refractivity contribution < 1.29 is 9.18 Å². The molecule has 0 saturated heterocycles. The van der Waals surface area contributed by atoms with Crippen LogP contribution in [0.15, 0.2) is 42.9 Å². The Labute approximate surface area is 126 Å². The summed E-state index contributed by atoms with van der Waals surface area (Å²) < 4.78 is 14.7. The molecule has 0 aliphatic rings. The molecule has 5 nitrogen and oxygen atoms in total. The molecule has 3 rings (SSSR count). The van der Waals surface area contributed by atoms with E-state index in [0.29, 0.717) is 28.7 Å². The van der Waals surface area contributed by atoms with Gasteiger partial charge in [0.05, 0.1) is 29.2 Å². The fraction of sp³-hybridized carbons (Fsp3) is 0.188. The van der Waals surface area contributed by atoms with Crippen molar-refractivity contribution in [3.8, 4) is 5.69 Å². The standard InChI is InChI=1S/C16H15FN4O/c1-2-7-19-16(22)14-8-18-10-15-13(14)9-20-21(15)12-5-3-11(17)4-6-12/h3-6,8-10H,2,7H2,1H3,(H,19,22). The molecular formula is C16H15FN4O. The number of rotatable bonds is 4. The third-order valence-electron chi connectivity index (χ3n) is 3.35. The molecule has 0 bridgehead atoms. The van der Waals surface area contributed by atoms with Gasteiger partial charge in [0.25, 0.3) is 5.91 Å². The molecule has 1 amide bonds. The van der Waals surface area contributed by atoms with Gasteiger partial charge in [-0.25, -0.2) is 9.07 Å². The van der Waals surface area contributed by atoms with Gasteiger partial charge in [-0.2, -0.15) is 5.10 Å². The van der Waals surface area contributed by atoms with Crippen LogP contribution in [0.2, 0.25) is 0 Å². The lowest BCUT2D eigenvalue weighted by Gasteiger charge is -2.06. The topological polar surface area (TPSA) is 59.8 Å². The summed E-state index contributed by atoms with van der Waals surface area (Å²) >= 11 is 0. The minimum absolute atomic E-state index is 0.168. The average Bonchev–Trinajstić information content (AvgIpc) is 2.97. The summed E-state index contributed by atoms with van der Waals surface area (Å²) in [4.78, 5) is 16.3. The molecule has 0 spiro atoms. The highest BCUT2D eigenvalue weighted by Crippen LogP contribution is 2.20. The number of halogens is 1. The minimum atomic E-state index is -0.307. The molecule has 1 aromatic carbocycles. The van der Waals surface area contributed by atoms with Crippen molar-refractivity contribution in [2.75, 3.05) is 6.54 Å². The van der Waals surface area contributed by atoms with E-state index >= 15 is 0 Å². The Kier molecular flexibility index (Phi) is 3.82. The molecule has 2 aromatic heterocycles. The molecule has 0 aliphatic carbocycles. The molecular weight excluding hydrogens is 283 g/mol. The molecule has 0 aliphatic heterocycles. The Bertz CT molecular complexity index is 811. The number of aromatic nitrogens is 3. The smallest absolute Gasteiger partial charge is 0.253 e. The lowest BCUT2D eigenvalue weighted by Crippen LogP contribution is -2.24. The van der Waals surface area contributed by atoms with Crippen LogP contribution in [0.4, 0.5) is 4.39 Å². The van der Waals surface area contributed by atoms with Crippen LogP contribution < -0.4 is 5.32 Å². The first kappa shape index (κ1) is 14.2. The van der Waals surface area contributed by atoms with Gasteiger partial charge >= 0.3 is 0 Å². The predicted molar refractivity (Wildman–Crippen MR) is 81.4 cm³/mol. The zero-order chi connectivity index (χ0) is 15.5. The van der Waals surface area contributed by atoms with Gasteiger partial charge in [-0.1, -0.05) is 6.92 Å². The maximum absolute atomic E-state index is 13.0. The minimum Gasteiger partial charge on any atom is -0.352 e. The lowest BCUT2D eigenvalue weighted by molar-refractivity contribution is 0.0955. The van der Waals surface area contributed by atoms with Crippen molar-refractivity contribution in [1.82, 2.24) is 20.1 Å². The molecule has 0 saturated carbocycles. The van der Waals surface area contributed by atoms with E-state index < -0.39 is 0 Å². The van der Waals surface area contributed by atoms with E-state index in [1.165, 1.54) is 18.3 Å². The van der Waals surface area contributed by atoms with Crippen LogP contribution in [0.5, 0.6) is 0 Å². The first-order valence-corrected chi connectivity index (χ1v) is 7.06. The summed E-state index contributed by atoms with van der Waals surface area (Å²) in [5.41, 5.74) is 1.90. The quantitative estimate of drug-likeness (QED) is 0.805. The number of hydrogen-bond acceptors (Lipinski definition) is 3. The first-order valence-electron chi connectivity index (χ1n) is 7.06. The Morgan fingerprint density at radius 1 is 1.23 bits per heavy atom. The Morgan fingerprint density at radius 3 is 2.73 bits per heavy atom. The first-order chi connectivity index (χ1) is 10.7. The van der Waals surface area contributed by atoms with Crippen molar-refractivity contribution in [2.24, 2.45) is 0 Å². The number of nitrogens with zero attached hydrogens (tertiary/aromatic N) is 3. The van der Waals surface area contributed by atoms with E-state index in [-0.39, 0.29) is 11.7 Å². The summed E-state index contributed by atoms with van der Waals surface area (Å²) in [7, 11) is 0. The zero-order valence-electron chi connectivity index (χ0n) is 12.1. The second-order valence-corrected chi connectivity index (χ2v) is 4.91. The fourth-order valence-corrected chi connectivity index (χ4v) is 2.24. The average molecular weight is 298 g/mol. The fourth-order valence-electron chi connectivity index (χ4n) is 2.24. The Hall–Kier alpha value is -2.76. The summed E-state index contributed by atoms with van der Waals surface area (Å²) in [5.74, 6) is -0.475. The normalized spacial score (nSPS) is 10.8. The van der Waals surface area contributed by atoms with Gasteiger partial charge in [-0.3, -0.25) is 9.78 Å². The van der Waals surface area contributed by atoms with Crippen LogP contribution in [0.3, 0.4) is 0 Å². The van der Waals surface area contributed by atoms with Crippen LogP contribution in [0, 0.1) is 5.82 Å².